The van der Waals surface area contributed by atoms with Crippen LogP contribution in [0.15, 0.2) is 53.0 Å². The van der Waals surface area contributed by atoms with Crippen molar-refractivity contribution >= 4 is 31.7 Å². The van der Waals surface area contributed by atoms with Crippen LogP contribution in [0.25, 0.3) is 0 Å². The number of hydrogen-bond donors (Lipinski definition) is 1. The van der Waals surface area contributed by atoms with Gasteiger partial charge in [-0.15, -0.1) is 0 Å². The van der Waals surface area contributed by atoms with E-state index in [1.165, 1.54) is 6.26 Å². The number of hydrogen-bond acceptors (Lipinski definition) is 4. The molecule has 3 rings (SSSR count). The van der Waals surface area contributed by atoms with Crippen molar-refractivity contribution in [1.29, 1.82) is 0 Å². The van der Waals surface area contributed by atoms with Gasteiger partial charge in [0.05, 0.1) is 11.3 Å². The minimum Gasteiger partial charge on any atom is -0.381 e. The van der Waals surface area contributed by atoms with Gasteiger partial charge in [0.15, 0.2) is 9.84 Å². The fraction of sp³-hybridized carbons (Fsp3) is 0.350. The van der Waals surface area contributed by atoms with Crippen LogP contribution in [0.1, 0.15) is 34.3 Å². The van der Waals surface area contributed by atoms with E-state index in [4.69, 9.17) is 4.74 Å². The Morgan fingerprint density at radius 3 is 2.41 bits per heavy atom. The number of halogens is 1. The number of sulfone groups is 1. The summed E-state index contributed by atoms with van der Waals surface area (Å²) >= 11 is 3.50. The average molecular weight is 452 g/mol. The van der Waals surface area contributed by atoms with Crippen LogP contribution < -0.4 is 5.32 Å². The Balaban J connectivity index is 1.83. The van der Waals surface area contributed by atoms with Crippen LogP contribution in [0.4, 0.5) is 0 Å². The third-order valence-corrected chi connectivity index (χ3v) is 6.07. The molecule has 0 bridgehead atoms. The second kappa shape index (κ2) is 8.12. The van der Waals surface area contributed by atoms with Crippen LogP contribution >= 0.6 is 15.9 Å². The fourth-order valence-corrected chi connectivity index (χ4v) is 4.53. The number of carbonyl (C=O) groups is 1. The van der Waals surface area contributed by atoms with E-state index >= 15 is 0 Å². The average Bonchev–Trinajstić information content (AvgIpc) is 2.62. The largest absolute Gasteiger partial charge is 0.381 e. The Kier molecular flexibility index (Phi) is 6.03. The van der Waals surface area contributed by atoms with Gasteiger partial charge in [-0.3, -0.25) is 4.79 Å². The third kappa shape index (κ3) is 5.18. The molecule has 144 valence electrons. The summed E-state index contributed by atoms with van der Waals surface area (Å²) in [7, 11) is -3.10. The number of ether oxygens (including phenoxy) is 1. The van der Waals surface area contributed by atoms with E-state index < -0.39 is 15.4 Å². The van der Waals surface area contributed by atoms with Gasteiger partial charge in [0.25, 0.3) is 5.91 Å². The second-order valence-electron chi connectivity index (χ2n) is 6.93. The van der Waals surface area contributed by atoms with Gasteiger partial charge < -0.3 is 10.1 Å². The molecule has 1 amide bonds. The Bertz CT molecular complexity index is 919. The molecule has 0 aliphatic carbocycles. The van der Waals surface area contributed by atoms with Gasteiger partial charge in [0.1, 0.15) is 0 Å². The summed E-state index contributed by atoms with van der Waals surface area (Å²) in [6.45, 7) is 1.17. The highest BCUT2D eigenvalue weighted by atomic mass is 79.9. The Hall–Kier alpha value is -1.70. The monoisotopic (exact) mass is 451 g/mol. The molecule has 1 fully saturated rings. The quantitative estimate of drug-likeness (QED) is 0.755. The van der Waals surface area contributed by atoms with E-state index in [1.54, 1.807) is 24.3 Å². The first-order valence-electron chi connectivity index (χ1n) is 8.70. The number of benzene rings is 2. The molecule has 1 heterocycles. The fourth-order valence-electron chi connectivity index (χ4n) is 3.34. The van der Waals surface area contributed by atoms with Crippen LogP contribution in [-0.4, -0.2) is 33.8 Å². The summed E-state index contributed by atoms with van der Waals surface area (Å²) < 4.78 is 29.3. The first-order valence-corrected chi connectivity index (χ1v) is 11.6. The van der Waals surface area contributed by atoms with E-state index in [9.17, 15) is 13.2 Å². The lowest BCUT2D eigenvalue weighted by Gasteiger charge is -2.38. The Morgan fingerprint density at radius 2 is 1.81 bits per heavy atom. The molecule has 1 saturated heterocycles. The van der Waals surface area contributed by atoms with Gasteiger partial charge in [-0.05, 0) is 48.2 Å². The van der Waals surface area contributed by atoms with E-state index in [0.717, 1.165) is 10.0 Å². The van der Waals surface area contributed by atoms with Gasteiger partial charge in [-0.1, -0.05) is 40.2 Å². The zero-order chi connectivity index (χ0) is 19.5. The van der Waals surface area contributed by atoms with Crippen molar-refractivity contribution in [3.8, 4) is 0 Å². The number of carbonyl (C=O) groups excluding carboxylic acids is 1. The first-order chi connectivity index (χ1) is 12.8. The maximum absolute atomic E-state index is 12.9. The number of nitrogens with one attached hydrogen (secondary N) is 1. The Labute approximate surface area is 168 Å². The normalized spacial score (nSPS) is 16.7. The predicted molar refractivity (Wildman–Crippen MR) is 108 cm³/mol. The van der Waals surface area contributed by atoms with Crippen molar-refractivity contribution in [3.05, 3.63) is 69.7 Å². The highest BCUT2D eigenvalue weighted by molar-refractivity contribution is 9.10. The van der Waals surface area contributed by atoms with Crippen LogP contribution in [0, 0.1) is 0 Å². The van der Waals surface area contributed by atoms with Gasteiger partial charge in [-0.25, -0.2) is 8.42 Å². The minimum atomic E-state index is -3.10. The highest BCUT2D eigenvalue weighted by Crippen LogP contribution is 2.34. The SMILES string of the molecule is CS(=O)(=O)Cc1ccc(C(=O)NC2(c3cccc(Br)c3)CCOCC2)cc1. The predicted octanol–water partition coefficient (Wildman–Crippen LogP) is 3.43. The third-order valence-electron chi connectivity index (χ3n) is 4.72. The number of rotatable bonds is 5. The molecular formula is C20H22BrNO4S. The molecular weight excluding hydrogens is 430 g/mol. The topological polar surface area (TPSA) is 72.5 Å². The lowest BCUT2D eigenvalue weighted by molar-refractivity contribution is 0.0345. The van der Waals surface area contributed by atoms with Crippen LogP contribution in [-0.2, 0) is 25.9 Å². The van der Waals surface area contributed by atoms with E-state index in [2.05, 4.69) is 21.2 Å². The number of amides is 1. The van der Waals surface area contributed by atoms with Gasteiger partial charge in [0.2, 0.25) is 0 Å². The zero-order valence-corrected chi connectivity index (χ0v) is 17.5. The lowest BCUT2D eigenvalue weighted by atomic mass is 9.82. The smallest absolute Gasteiger partial charge is 0.251 e. The molecule has 0 unspecified atom stereocenters. The van der Waals surface area contributed by atoms with Gasteiger partial charge in [0, 0.05) is 29.5 Å². The Morgan fingerprint density at radius 1 is 1.15 bits per heavy atom. The highest BCUT2D eigenvalue weighted by Gasteiger charge is 2.36. The van der Waals surface area contributed by atoms with Crippen molar-refractivity contribution in [2.75, 3.05) is 19.5 Å². The van der Waals surface area contributed by atoms with Gasteiger partial charge >= 0.3 is 0 Å². The maximum Gasteiger partial charge on any atom is 0.251 e. The lowest BCUT2D eigenvalue weighted by Crippen LogP contribution is -2.49. The van der Waals surface area contributed by atoms with Crippen LogP contribution in [0.2, 0.25) is 0 Å². The molecule has 5 nitrogen and oxygen atoms in total. The summed E-state index contributed by atoms with van der Waals surface area (Å²) in [6.07, 6.45) is 2.59. The second-order valence-corrected chi connectivity index (χ2v) is 9.98. The maximum atomic E-state index is 12.9. The summed E-state index contributed by atoms with van der Waals surface area (Å²) in [5.74, 6) is -0.211. The van der Waals surface area contributed by atoms with Gasteiger partial charge in [-0.2, -0.15) is 0 Å². The molecule has 7 heteroatoms. The molecule has 2 aromatic carbocycles. The molecule has 1 N–H and O–H groups in total. The molecule has 0 saturated carbocycles. The van der Waals surface area contributed by atoms with Crippen molar-refractivity contribution in [2.45, 2.75) is 24.1 Å². The van der Waals surface area contributed by atoms with E-state index in [0.29, 0.717) is 37.2 Å². The van der Waals surface area contributed by atoms with Crippen molar-refractivity contribution in [2.24, 2.45) is 0 Å². The van der Waals surface area contributed by atoms with E-state index in [1.807, 2.05) is 24.3 Å². The molecule has 1 aliphatic heterocycles. The summed E-state index contributed by atoms with van der Waals surface area (Å²) in [5.41, 5.74) is 1.74. The van der Waals surface area contributed by atoms with Crippen molar-refractivity contribution in [3.63, 3.8) is 0 Å². The van der Waals surface area contributed by atoms with Crippen LogP contribution in [0.3, 0.4) is 0 Å². The minimum absolute atomic E-state index is 0.0335. The summed E-state index contributed by atoms with van der Waals surface area (Å²) in [4.78, 5) is 12.9. The summed E-state index contributed by atoms with van der Waals surface area (Å²) in [6, 6.07) is 14.7. The zero-order valence-electron chi connectivity index (χ0n) is 15.1. The summed E-state index contributed by atoms with van der Waals surface area (Å²) in [5, 5.41) is 3.20. The van der Waals surface area contributed by atoms with E-state index in [-0.39, 0.29) is 11.7 Å². The molecule has 0 spiro atoms. The molecule has 2 aromatic rings. The molecule has 0 aromatic heterocycles. The van der Waals surface area contributed by atoms with Crippen molar-refractivity contribution in [1.82, 2.24) is 5.32 Å². The molecule has 0 atom stereocenters. The molecule has 27 heavy (non-hydrogen) atoms. The first kappa shape index (κ1) is 20.0. The van der Waals surface area contributed by atoms with Crippen LogP contribution in [0.5, 0.6) is 0 Å². The van der Waals surface area contributed by atoms with Crippen molar-refractivity contribution < 1.29 is 17.9 Å². The standard InChI is InChI=1S/C20H22BrNO4S/c1-27(24,25)14-15-5-7-16(8-6-15)19(23)22-20(9-11-26-12-10-20)17-3-2-4-18(21)13-17/h2-8,13H,9-12,14H2,1H3,(H,22,23). The molecule has 1 aliphatic rings. The molecule has 0 radical (unpaired) electrons.